The average molecular weight is 455 g/mol. The molecule has 1 atom stereocenters. The maximum absolute atomic E-state index is 13.6. The first-order valence-electron chi connectivity index (χ1n) is 11.1. The minimum Gasteiger partial charge on any atom is -0.341 e. The molecule has 0 aliphatic heterocycles. The fourth-order valence-electron chi connectivity index (χ4n) is 3.87. The Hall–Kier alpha value is -3.15. The van der Waals surface area contributed by atoms with Crippen LogP contribution in [0.25, 0.3) is 0 Å². The molecule has 33 heavy (non-hydrogen) atoms. The lowest BCUT2D eigenvalue weighted by Crippen LogP contribution is -2.49. The van der Waals surface area contributed by atoms with Crippen molar-refractivity contribution >= 4 is 5.91 Å². The van der Waals surface area contributed by atoms with E-state index in [4.69, 9.17) is 0 Å². The molecule has 0 radical (unpaired) electrons. The summed E-state index contributed by atoms with van der Waals surface area (Å²) >= 11 is 0. The normalized spacial score (nSPS) is 13.5. The van der Waals surface area contributed by atoms with Crippen molar-refractivity contribution in [3.63, 3.8) is 0 Å². The molecule has 1 aromatic heterocycles. The lowest BCUT2D eigenvalue weighted by Gasteiger charge is -2.36. The largest absolute Gasteiger partial charge is 0.416 e. The number of amides is 1. The molecule has 174 valence electrons. The fraction of sp³-hybridized carbons (Fsp3) is 0.333. The minimum atomic E-state index is -4.50. The average Bonchev–Trinajstić information content (AvgIpc) is 2.77. The first kappa shape index (κ1) is 24.5. The van der Waals surface area contributed by atoms with Crippen LogP contribution in [-0.4, -0.2) is 10.9 Å². The number of aryl methyl sites for hydroxylation is 1. The van der Waals surface area contributed by atoms with Gasteiger partial charge in [-0.15, -0.1) is 0 Å². The van der Waals surface area contributed by atoms with Crippen LogP contribution < -0.4 is 5.32 Å². The van der Waals surface area contributed by atoms with E-state index in [1.54, 1.807) is 12.3 Å². The second-order valence-electron chi connectivity index (χ2n) is 8.85. The summed E-state index contributed by atoms with van der Waals surface area (Å²) in [5.41, 5.74) is 0.605. The molecule has 0 spiro atoms. The Morgan fingerprint density at radius 2 is 1.67 bits per heavy atom. The zero-order valence-corrected chi connectivity index (χ0v) is 19.1. The van der Waals surface area contributed by atoms with E-state index in [2.05, 4.69) is 10.3 Å². The van der Waals surface area contributed by atoms with Crippen LogP contribution >= 0.6 is 0 Å². The molecule has 3 nitrogen and oxygen atoms in total. The highest BCUT2D eigenvalue weighted by atomic mass is 19.4. The third-order valence-corrected chi connectivity index (χ3v) is 5.65. The molecule has 1 amide bonds. The van der Waals surface area contributed by atoms with E-state index in [-0.39, 0.29) is 18.7 Å². The molecular weight excluding hydrogens is 425 g/mol. The standard InChI is InChI=1S/C27H29F3N2O/c1-19(2)12-13-25(33)32-26(18-21-8-5-4-6-9-21,24-16-20(3)14-15-31-24)22-10-7-11-23(17-22)27(28,29)30/h4-11,14-17,19H,12-13,18H2,1-3H3,(H,32,33). The molecule has 0 saturated carbocycles. The van der Waals surface area contributed by atoms with Gasteiger partial charge in [-0.25, -0.2) is 0 Å². The molecule has 1 heterocycles. The number of aromatic nitrogens is 1. The van der Waals surface area contributed by atoms with E-state index in [1.165, 1.54) is 6.07 Å². The monoisotopic (exact) mass is 454 g/mol. The van der Waals surface area contributed by atoms with Gasteiger partial charge in [0, 0.05) is 19.0 Å². The van der Waals surface area contributed by atoms with Crippen molar-refractivity contribution in [2.24, 2.45) is 5.92 Å². The van der Waals surface area contributed by atoms with E-state index in [9.17, 15) is 18.0 Å². The molecule has 0 fully saturated rings. The van der Waals surface area contributed by atoms with E-state index in [0.717, 1.165) is 23.3 Å². The second kappa shape index (κ2) is 10.2. The first-order chi connectivity index (χ1) is 15.6. The maximum atomic E-state index is 13.6. The summed E-state index contributed by atoms with van der Waals surface area (Å²) in [6.07, 6.45) is -1.66. The van der Waals surface area contributed by atoms with Crippen molar-refractivity contribution in [1.82, 2.24) is 10.3 Å². The Morgan fingerprint density at radius 1 is 0.970 bits per heavy atom. The molecule has 1 N–H and O–H groups in total. The summed E-state index contributed by atoms with van der Waals surface area (Å²) < 4.78 is 40.9. The molecule has 3 aromatic rings. The van der Waals surface area contributed by atoms with Gasteiger partial charge in [0.2, 0.25) is 5.91 Å². The molecule has 0 saturated heterocycles. The number of hydrogen-bond donors (Lipinski definition) is 1. The molecule has 0 bridgehead atoms. The smallest absolute Gasteiger partial charge is 0.341 e. The highest BCUT2D eigenvalue weighted by Gasteiger charge is 2.40. The zero-order valence-electron chi connectivity index (χ0n) is 19.1. The SMILES string of the molecule is Cc1ccnc(C(Cc2ccccc2)(NC(=O)CCC(C)C)c2cccc(C(F)(F)F)c2)c1. The summed E-state index contributed by atoms with van der Waals surface area (Å²) in [6, 6.07) is 18.2. The van der Waals surface area contributed by atoms with Gasteiger partial charge in [-0.1, -0.05) is 56.3 Å². The van der Waals surface area contributed by atoms with Crippen molar-refractivity contribution in [2.45, 2.75) is 51.7 Å². The lowest BCUT2D eigenvalue weighted by atomic mass is 9.79. The molecule has 0 aliphatic carbocycles. The van der Waals surface area contributed by atoms with Gasteiger partial charge in [0.05, 0.1) is 11.3 Å². The summed E-state index contributed by atoms with van der Waals surface area (Å²) in [5, 5.41) is 3.10. The van der Waals surface area contributed by atoms with Gasteiger partial charge in [-0.2, -0.15) is 13.2 Å². The van der Waals surface area contributed by atoms with Gasteiger partial charge in [0.15, 0.2) is 0 Å². The number of rotatable bonds is 8. The zero-order chi connectivity index (χ0) is 24.1. The van der Waals surface area contributed by atoms with Gasteiger partial charge in [-0.3, -0.25) is 9.78 Å². The van der Waals surface area contributed by atoms with Crippen LogP contribution in [0.3, 0.4) is 0 Å². The first-order valence-corrected chi connectivity index (χ1v) is 11.1. The molecule has 1 unspecified atom stereocenters. The highest BCUT2D eigenvalue weighted by Crippen LogP contribution is 2.37. The number of alkyl halides is 3. The number of carbonyl (C=O) groups excluding carboxylic acids is 1. The minimum absolute atomic E-state index is 0.222. The molecule has 3 rings (SSSR count). The van der Waals surface area contributed by atoms with Crippen LogP contribution in [0.2, 0.25) is 0 Å². The van der Waals surface area contributed by atoms with E-state index in [1.807, 2.05) is 63.2 Å². The maximum Gasteiger partial charge on any atom is 0.416 e. The van der Waals surface area contributed by atoms with Gasteiger partial charge in [0.1, 0.15) is 5.54 Å². The second-order valence-corrected chi connectivity index (χ2v) is 8.85. The lowest BCUT2D eigenvalue weighted by molar-refractivity contribution is -0.137. The number of hydrogen-bond acceptors (Lipinski definition) is 2. The van der Waals surface area contributed by atoms with Gasteiger partial charge in [0.25, 0.3) is 0 Å². The van der Waals surface area contributed by atoms with Gasteiger partial charge in [-0.05, 0) is 60.2 Å². The Bertz CT molecular complexity index is 1080. The van der Waals surface area contributed by atoms with E-state index >= 15 is 0 Å². The summed E-state index contributed by atoms with van der Waals surface area (Å²) in [4.78, 5) is 17.6. The predicted molar refractivity (Wildman–Crippen MR) is 124 cm³/mol. The number of carbonyl (C=O) groups is 1. The number of benzene rings is 2. The molecule has 0 aliphatic rings. The number of pyridine rings is 1. The number of halogens is 3. The Labute approximate surface area is 193 Å². The van der Waals surface area contributed by atoms with Gasteiger partial charge >= 0.3 is 6.18 Å². The Morgan fingerprint density at radius 3 is 2.30 bits per heavy atom. The molecular formula is C27H29F3N2O. The van der Waals surface area contributed by atoms with Crippen LogP contribution in [0.15, 0.2) is 72.9 Å². The van der Waals surface area contributed by atoms with E-state index < -0.39 is 17.3 Å². The summed E-state index contributed by atoms with van der Waals surface area (Å²) in [6.45, 7) is 5.95. The van der Waals surface area contributed by atoms with Crippen LogP contribution in [0.5, 0.6) is 0 Å². The Balaban J connectivity index is 2.21. The van der Waals surface area contributed by atoms with Crippen LogP contribution in [0.1, 0.15) is 54.6 Å². The van der Waals surface area contributed by atoms with Crippen LogP contribution in [0, 0.1) is 12.8 Å². The molecule has 6 heteroatoms. The van der Waals surface area contributed by atoms with Crippen molar-refractivity contribution in [2.75, 3.05) is 0 Å². The summed E-state index contributed by atoms with van der Waals surface area (Å²) in [7, 11) is 0. The van der Waals surface area contributed by atoms with Gasteiger partial charge < -0.3 is 5.32 Å². The third kappa shape index (κ3) is 6.21. The van der Waals surface area contributed by atoms with Crippen molar-refractivity contribution in [1.29, 1.82) is 0 Å². The van der Waals surface area contributed by atoms with Crippen LogP contribution in [0.4, 0.5) is 13.2 Å². The topological polar surface area (TPSA) is 42.0 Å². The predicted octanol–water partition coefficient (Wildman–Crippen LogP) is 6.45. The summed E-state index contributed by atoms with van der Waals surface area (Å²) in [5.74, 6) is 0.102. The molecule has 2 aromatic carbocycles. The van der Waals surface area contributed by atoms with E-state index in [0.29, 0.717) is 23.6 Å². The quantitative estimate of drug-likeness (QED) is 0.425. The number of nitrogens with one attached hydrogen (secondary N) is 1. The highest BCUT2D eigenvalue weighted by molar-refractivity contribution is 5.78. The number of nitrogens with zero attached hydrogens (tertiary/aromatic N) is 1. The third-order valence-electron chi connectivity index (χ3n) is 5.65. The van der Waals surface area contributed by atoms with Crippen molar-refractivity contribution in [3.05, 3.63) is 101 Å². The van der Waals surface area contributed by atoms with Crippen molar-refractivity contribution < 1.29 is 18.0 Å². The van der Waals surface area contributed by atoms with Crippen molar-refractivity contribution in [3.8, 4) is 0 Å². The Kier molecular flexibility index (Phi) is 7.57. The fourth-order valence-corrected chi connectivity index (χ4v) is 3.87. The van der Waals surface area contributed by atoms with Crippen LogP contribution in [-0.2, 0) is 22.9 Å².